The van der Waals surface area contributed by atoms with Crippen LogP contribution in [-0.2, 0) is 4.79 Å². The molecule has 0 saturated carbocycles. The van der Waals surface area contributed by atoms with Gasteiger partial charge in [0, 0.05) is 17.8 Å². The highest BCUT2D eigenvalue weighted by Gasteiger charge is 2.15. The summed E-state index contributed by atoms with van der Waals surface area (Å²) in [5, 5.41) is 22.2. The molecule has 2 aromatic carbocycles. The van der Waals surface area contributed by atoms with Crippen molar-refractivity contribution < 1.29 is 19.2 Å². The van der Waals surface area contributed by atoms with E-state index in [1.165, 1.54) is 30.3 Å². The molecule has 0 unspecified atom stereocenters. The molecule has 134 valence electrons. The van der Waals surface area contributed by atoms with Crippen molar-refractivity contribution in [2.75, 3.05) is 18.5 Å². The monoisotopic (exact) mass is 375 g/mol. The number of nitriles is 1. The molecule has 2 rings (SSSR count). The van der Waals surface area contributed by atoms with Gasteiger partial charge in [0.05, 0.1) is 23.2 Å². The fourth-order valence-corrected chi connectivity index (χ4v) is 2.22. The maximum absolute atomic E-state index is 12.0. The number of halogens is 1. The van der Waals surface area contributed by atoms with Gasteiger partial charge in [0.25, 0.3) is 11.6 Å². The lowest BCUT2D eigenvalue weighted by Crippen LogP contribution is -2.20. The SMILES string of the molecule is CCOc1cc(C#N)ccc1OCC(=O)Nc1ccc(Cl)c([N+](=O)[O-])c1. The molecule has 0 aliphatic carbocycles. The number of hydrogen-bond acceptors (Lipinski definition) is 6. The minimum atomic E-state index is -0.639. The molecule has 0 spiro atoms. The lowest BCUT2D eigenvalue weighted by molar-refractivity contribution is -0.384. The minimum Gasteiger partial charge on any atom is -0.490 e. The van der Waals surface area contributed by atoms with Gasteiger partial charge in [0.1, 0.15) is 5.02 Å². The molecule has 0 radical (unpaired) electrons. The average molecular weight is 376 g/mol. The van der Waals surface area contributed by atoms with Crippen LogP contribution in [0.3, 0.4) is 0 Å². The quantitative estimate of drug-likeness (QED) is 0.584. The summed E-state index contributed by atoms with van der Waals surface area (Å²) in [4.78, 5) is 22.2. The fraction of sp³-hybridized carbons (Fsp3) is 0.176. The van der Waals surface area contributed by atoms with E-state index in [0.29, 0.717) is 23.7 Å². The Morgan fingerprint density at radius 1 is 1.27 bits per heavy atom. The van der Waals surface area contributed by atoms with Gasteiger partial charge < -0.3 is 14.8 Å². The predicted molar refractivity (Wildman–Crippen MR) is 94.6 cm³/mol. The predicted octanol–water partition coefficient (Wildman–Crippen LogP) is 3.54. The largest absolute Gasteiger partial charge is 0.490 e. The summed E-state index contributed by atoms with van der Waals surface area (Å²) in [7, 11) is 0. The van der Waals surface area contributed by atoms with E-state index < -0.39 is 10.8 Å². The summed E-state index contributed by atoms with van der Waals surface area (Å²) >= 11 is 5.72. The van der Waals surface area contributed by atoms with Gasteiger partial charge in [-0.05, 0) is 31.2 Å². The van der Waals surface area contributed by atoms with Crippen molar-refractivity contribution in [2.24, 2.45) is 0 Å². The third kappa shape index (κ3) is 4.84. The lowest BCUT2D eigenvalue weighted by atomic mass is 10.2. The Kier molecular flexibility index (Phi) is 6.36. The number of carbonyl (C=O) groups is 1. The van der Waals surface area contributed by atoms with E-state index in [4.69, 9.17) is 26.3 Å². The zero-order chi connectivity index (χ0) is 19.1. The Bertz CT molecular complexity index is 879. The van der Waals surface area contributed by atoms with Gasteiger partial charge in [0.2, 0.25) is 0 Å². The Balaban J connectivity index is 2.04. The molecular weight excluding hydrogens is 362 g/mol. The van der Waals surface area contributed by atoms with Gasteiger partial charge in [-0.15, -0.1) is 0 Å². The smallest absolute Gasteiger partial charge is 0.289 e. The first-order valence-electron chi connectivity index (χ1n) is 7.48. The molecular formula is C17H14ClN3O5. The number of anilines is 1. The van der Waals surface area contributed by atoms with E-state index in [2.05, 4.69) is 5.32 Å². The molecule has 0 bridgehead atoms. The van der Waals surface area contributed by atoms with Crippen LogP contribution in [0.1, 0.15) is 12.5 Å². The fourth-order valence-electron chi connectivity index (χ4n) is 2.04. The number of nitrogens with zero attached hydrogens (tertiary/aromatic N) is 2. The number of nitro benzene ring substituents is 1. The van der Waals surface area contributed by atoms with Crippen LogP contribution >= 0.6 is 11.6 Å². The highest BCUT2D eigenvalue weighted by atomic mass is 35.5. The van der Waals surface area contributed by atoms with Gasteiger partial charge in [-0.1, -0.05) is 11.6 Å². The highest BCUT2D eigenvalue weighted by molar-refractivity contribution is 6.32. The number of nitro groups is 1. The molecule has 0 fully saturated rings. The van der Waals surface area contributed by atoms with Gasteiger partial charge in [0.15, 0.2) is 18.1 Å². The zero-order valence-electron chi connectivity index (χ0n) is 13.7. The molecule has 0 atom stereocenters. The third-order valence-electron chi connectivity index (χ3n) is 3.16. The van der Waals surface area contributed by atoms with Gasteiger partial charge in [-0.3, -0.25) is 14.9 Å². The molecule has 0 heterocycles. The molecule has 0 saturated heterocycles. The van der Waals surface area contributed by atoms with Crippen molar-refractivity contribution in [2.45, 2.75) is 6.92 Å². The van der Waals surface area contributed by atoms with Crippen molar-refractivity contribution >= 4 is 28.9 Å². The first kappa shape index (κ1) is 19.0. The molecule has 9 heteroatoms. The summed E-state index contributed by atoms with van der Waals surface area (Å²) in [6.07, 6.45) is 0. The molecule has 0 aliphatic rings. The molecule has 1 amide bonds. The number of benzene rings is 2. The first-order valence-corrected chi connectivity index (χ1v) is 7.86. The van der Waals surface area contributed by atoms with Crippen molar-refractivity contribution in [3.8, 4) is 17.6 Å². The standard InChI is InChI=1S/C17H14ClN3O5/c1-2-25-16-7-11(9-19)3-6-15(16)26-10-17(22)20-12-4-5-13(18)14(8-12)21(23)24/h3-8H,2,10H2,1H3,(H,20,22). The topological polar surface area (TPSA) is 114 Å². The number of amides is 1. The van der Waals surface area contributed by atoms with E-state index in [9.17, 15) is 14.9 Å². The van der Waals surface area contributed by atoms with Crippen LogP contribution in [-0.4, -0.2) is 24.0 Å². The lowest BCUT2D eigenvalue weighted by Gasteiger charge is -2.12. The summed E-state index contributed by atoms with van der Waals surface area (Å²) in [6.45, 7) is 1.80. The van der Waals surface area contributed by atoms with Gasteiger partial charge >= 0.3 is 0 Å². The maximum Gasteiger partial charge on any atom is 0.289 e. The molecule has 26 heavy (non-hydrogen) atoms. The van der Waals surface area contributed by atoms with E-state index in [0.717, 1.165) is 6.07 Å². The first-order chi connectivity index (χ1) is 12.4. The normalized spacial score (nSPS) is 9.88. The number of rotatable bonds is 7. The second-order valence-electron chi connectivity index (χ2n) is 4.97. The summed E-state index contributed by atoms with van der Waals surface area (Å²) in [6, 6.07) is 10.5. The Morgan fingerprint density at radius 2 is 2.04 bits per heavy atom. The highest BCUT2D eigenvalue weighted by Crippen LogP contribution is 2.29. The van der Waals surface area contributed by atoms with Crippen LogP contribution in [0.15, 0.2) is 36.4 Å². The van der Waals surface area contributed by atoms with Crippen molar-refractivity contribution in [1.82, 2.24) is 0 Å². The van der Waals surface area contributed by atoms with Crippen LogP contribution in [0.4, 0.5) is 11.4 Å². The second-order valence-corrected chi connectivity index (χ2v) is 5.37. The van der Waals surface area contributed by atoms with E-state index in [-0.39, 0.29) is 23.0 Å². The van der Waals surface area contributed by atoms with Crippen LogP contribution in [0.25, 0.3) is 0 Å². The zero-order valence-corrected chi connectivity index (χ0v) is 14.4. The molecule has 1 N–H and O–H groups in total. The number of nitrogens with one attached hydrogen (secondary N) is 1. The van der Waals surface area contributed by atoms with Crippen LogP contribution in [0, 0.1) is 21.4 Å². The summed E-state index contributed by atoms with van der Waals surface area (Å²) in [5.74, 6) is 0.137. The maximum atomic E-state index is 12.0. The van der Waals surface area contributed by atoms with Crippen molar-refractivity contribution in [3.63, 3.8) is 0 Å². The van der Waals surface area contributed by atoms with Crippen molar-refractivity contribution in [1.29, 1.82) is 5.26 Å². The van der Waals surface area contributed by atoms with Gasteiger partial charge in [-0.25, -0.2) is 0 Å². The molecule has 0 aliphatic heterocycles. The number of hydrogen-bond donors (Lipinski definition) is 1. The summed E-state index contributed by atoms with van der Waals surface area (Å²) in [5.41, 5.74) is 0.314. The van der Waals surface area contributed by atoms with Crippen LogP contribution in [0.5, 0.6) is 11.5 Å². The second kappa shape index (κ2) is 8.69. The minimum absolute atomic E-state index is 0.0248. The van der Waals surface area contributed by atoms with Gasteiger partial charge in [-0.2, -0.15) is 5.26 Å². The van der Waals surface area contributed by atoms with Crippen LogP contribution < -0.4 is 14.8 Å². The Hall–Kier alpha value is -3.31. The Labute approximate surface area is 154 Å². The number of ether oxygens (including phenoxy) is 2. The average Bonchev–Trinajstić information content (AvgIpc) is 2.62. The Morgan fingerprint density at radius 3 is 2.69 bits per heavy atom. The molecule has 8 nitrogen and oxygen atoms in total. The van der Waals surface area contributed by atoms with Crippen molar-refractivity contribution in [3.05, 3.63) is 57.1 Å². The summed E-state index contributed by atoms with van der Waals surface area (Å²) < 4.78 is 10.8. The molecule has 2 aromatic rings. The van der Waals surface area contributed by atoms with E-state index in [1.807, 2.05) is 6.07 Å². The van der Waals surface area contributed by atoms with E-state index >= 15 is 0 Å². The van der Waals surface area contributed by atoms with Crippen LogP contribution in [0.2, 0.25) is 5.02 Å². The number of carbonyl (C=O) groups excluding carboxylic acids is 1. The third-order valence-corrected chi connectivity index (χ3v) is 3.48. The van der Waals surface area contributed by atoms with E-state index in [1.54, 1.807) is 6.92 Å². The molecule has 0 aromatic heterocycles.